The summed E-state index contributed by atoms with van der Waals surface area (Å²) in [5.74, 6) is -2.11. The normalized spacial score (nSPS) is 12.1. The van der Waals surface area contributed by atoms with E-state index < -0.39 is 26.6 Å². The second kappa shape index (κ2) is 4.88. The van der Waals surface area contributed by atoms with Gasteiger partial charge in [-0.3, -0.25) is 0 Å². The van der Waals surface area contributed by atoms with Gasteiger partial charge in [0.2, 0.25) is 10.0 Å². The van der Waals surface area contributed by atoms with Crippen LogP contribution in [0.15, 0.2) is 23.1 Å². The van der Waals surface area contributed by atoms with Crippen molar-refractivity contribution in [1.29, 1.82) is 0 Å². The topological polar surface area (TPSA) is 46.2 Å². The molecule has 0 saturated carbocycles. The molecule has 0 saturated heterocycles. The van der Waals surface area contributed by atoms with E-state index in [4.69, 9.17) is 0 Å². The van der Waals surface area contributed by atoms with E-state index in [9.17, 15) is 17.2 Å². The monoisotopic (exact) mass is 249 g/mol. The van der Waals surface area contributed by atoms with E-state index in [1.54, 1.807) is 13.8 Å². The quantitative estimate of drug-likeness (QED) is 0.885. The first-order valence-electron chi connectivity index (χ1n) is 4.78. The van der Waals surface area contributed by atoms with E-state index in [0.29, 0.717) is 0 Å². The van der Waals surface area contributed by atoms with Gasteiger partial charge in [-0.2, -0.15) is 0 Å². The zero-order valence-corrected chi connectivity index (χ0v) is 9.81. The van der Waals surface area contributed by atoms with Crippen molar-refractivity contribution >= 4 is 10.0 Å². The van der Waals surface area contributed by atoms with Crippen molar-refractivity contribution in [3.8, 4) is 0 Å². The molecule has 6 heteroatoms. The summed E-state index contributed by atoms with van der Waals surface area (Å²) in [4.78, 5) is -0.921. The van der Waals surface area contributed by atoms with E-state index in [0.717, 1.165) is 18.2 Å². The first-order valence-corrected chi connectivity index (χ1v) is 6.26. The van der Waals surface area contributed by atoms with Crippen LogP contribution in [0.4, 0.5) is 8.78 Å². The summed E-state index contributed by atoms with van der Waals surface area (Å²) in [6.07, 6.45) is 0. The average molecular weight is 249 g/mol. The lowest BCUT2D eigenvalue weighted by molar-refractivity contribution is 0.508. The first kappa shape index (κ1) is 13.1. The molecule has 0 radical (unpaired) electrons. The third-order valence-electron chi connectivity index (χ3n) is 1.87. The van der Waals surface area contributed by atoms with Gasteiger partial charge >= 0.3 is 0 Å². The van der Waals surface area contributed by atoms with Crippen LogP contribution in [0.1, 0.15) is 13.8 Å². The van der Waals surface area contributed by atoms with Gasteiger partial charge in [0, 0.05) is 6.54 Å². The number of sulfonamides is 1. The van der Waals surface area contributed by atoms with Gasteiger partial charge < -0.3 is 0 Å². The van der Waals surface area contributed by atoms with Gasteiger partial charge in [-0.25, -0.2) is 21.9 Å². The van der Waals surface area contributed by atoms with Crippen LogP contribution in [0.25, 0.3) is 0 Å². The molecule has 0 aliphatic heterocycles. The molecule has 1 N–H and O–H groups in total. The predicted molar refractivity (Wildman–Crippen MR) is 56.4 cm³/mol. The van der Waals surface area contributed by atoms with Crippen LogP contribution >= 0.6 is 0 Å². The fourth-order valence-electron chi connectivity index (χ4n) is 1.09. The van der Waals surface area contributed by atoms with E-state index in [-0.39, 0.29) is 12.5 Å². The lowest BCUT2D eigenvalue weighted by Gasteiger charge is -2.09. The molecule has 0 amide bonds. The fourth-order valence-corrected chi connectivity index (χ4v) is 2.43. The van der Waals surface area contributed by atoms with Gasteiger partial charge in [0.1, 0.15) is 11.6 Å². The Hall–Kier alpha value is -1.01. The molecule has 0 unspecified atom stereocenters. The highest BCUT2D eigenvalue weighted by Gasteiger charge is 2.23. The minimum atomic E-state index is -4.12. The summed E-state index contributed by atoms with van der Waals surface area (Å²) in [6, 6.07) is 2.94. The van der Waals surface area contributed by atoms with Crippen molar-refractivity contribution in [1.82, 2.24) is 4.72 Å². The minimum Gasteiger partial charge on any atom is -0.211 e. The zero-order valence-electron chi connectivity index (χ0n) is 9.00. The third kappa shape index (κ3) is 2.99. The number of rotatable bonds is 4. The largest absolute Gasteiger partial charge is 0.246 e. The van der Waals surface area contributed by atoms with Crippen molar-refractivity contribution in [2.24, 2.45) is 5.92 Å². The molecule has 0 aliphatic rings. The van der Waals surface area contributed by atoms with Crippen molar-refractivity contribution in [2.75, 3.05) is 6.54 Å². The Balaban J connectivity index is 3.08. The van der Waals surface area contributed by atoms with Gasteiger partial charge in [-0.1, -0.05) is 19.9 Å². The van der Waals surface area contributed by atoms with Crippen molar-refractivity contribution in [3.05, 3.63) is 29.8 Å². The molecule has 1 rings (SSSR count). The van der Waals surface area contributed by atoms with Crippen LogP contribution in [0, 0.1) is 17.6 Å². The van der Waals surface area contributed by atoms with E-state index in [1.807, 2.05) is 0 Å². The number of hydrogen-bond acceptors (Lipinski definition) is 2. The molecule has 0 bridgehead atoms. The zero-order chi connectivity index (χ0) is 12.3. The second-order valence-corrected chi connectivity index (χ2v) is 5.50. The molecular formula is C10H13F2NO2S. The van der Waals surface area contributed by atoms with Crippen molar-refractivity contribution < 1.29 is 17.2 Å². The van der Waals surface area contributed by atoms with Gasteiger partial charge in [0.15, 0.2) is 4.90 Å². The molecule has 3 nitrogen and oxygen atoms in total. The SMILES string of the molecule is CC(C)CNS(=O)(=O)c1c(F)cccc1F. The Bertz CT molecular complexity index is 451. The lowest BCUT2D eigenvalue weighted by Crippen LogP contribution is -2.29. The summed E-state index contributed by atoms with van der Waals surface area (Å²) >= 11 is 0. The predicted octanol–water partition coefficient (Wildman–Crippen LogP) is 1.90. The van der Waals surface area contributed by atoms with Crippen molar-refractivity contribution in [2.45, 2.75) is 18.7 Å². The van der Waals surface area contributed by atoms with Crippen LogP contribution in [0.2, 0.25) is 0 Å². The smallest absolute Gasteiger partial charge is 0.211 e. The summed E-state index contributed by atoms with van der Waals surface area (Å²) < 4.78 is 51.7. The maximum atomic E-state index is 13.2. The molecule has 16 heavy (non-hydrogen) atoms. The Morgan fingerprint density at radius 3 is 2.19 bits per heavy atom. The summed E-state index contributed by atoms with van der Waals surface area (Å²) in [5, 5.41) is 0. The van der Waals surface area contributed by atoms with Gasteiger partial charge in [-0.05, 0) is 18.1 Å². The molecule has 90 valence electrons. The molecule has 0 fully saturated rings. The van der Waals surface area contributed by atoms with Crippen LogP contribution < -0.4 is 4.72 Å². The molecule has 0 aromatic heterocycles. The maximum Gasteiger partial charge on any atom is 0.246 e. The highest BCUT2D eigenvalue weighted by atomic mass is 32.2. The Kier molecular flexibility index (Phi) is 3.98. The Labute approximate surface area is 93.5 Å². The molecule has 0 spiro atoms. The molecule has 1 aromatic carbocycles. The summed E-state index contributed by atoms with van der Waals surface area (Å²) in [6.45, 7) is 3.72. The molecule has 1 aromatic rings. The van der Waals surface area contributed by atoms with Crippen molar-refractivity contribution in [3.63, 3.8) is 0 Å². The summed E-state index contributed by atoms with van der Waals surface area (Å²) in [7, 11) is -4.12. The Morgan fingerprint density at radius 1 is 1.25 bits per heavy atom. The molecule has 0 aliphatic carbocycles. The van der Waals surface area contributed by atoms with Gasteiger partial charge in [0.05, 0.1) is 0 Å². The number of halogens is 2. The first-order chi connectivity index (χ1) is 7.34. The fraction of sp³-hybridized carbons (Fsp3) is 0.400. The average Bonchev–Trinajstić information content (AvgIpc) is 2.14. The number of nitrogens with one attached hydrogen (secondary N) is 1. The lowest BCUT2D eigenvalue weighted by atomic mass is 10.2. The molecule has 0 atom stereocenters. The number of hydrogen-bond donors (Lipinski definition) is 1. The second-order valence-electron chi connectivity index (χ2n) is 3.80. The van der Waals surface area contributed by atoms with Gasteiger partial charge in [-0.15, -0.1) is 0 Å². The highest BCUT2D eigenvalue weighted by Crippen LogP contribution is 2.17. The molecular weight excluding hydrogens is 236 g/mol. The standard InChI is InChI=1S/C10H13F2NO2S/c1-7(2)6-13-16(14,15)10-8(11)4-3-5-9(10)12/h3-5,7,13H,6H2,1-2H3. The van der Waals surface area contributed by atoms with Crippen LogP contribution in [-0.4, -0.2) is 15.0 Å². The highest BCUT2D eigenvalue weighted by molar-refractivity contribution is 7.89. The molecule has 0 heterocycles. The number of benzene rings is 1. The van der Waals surface area contributed by atoms with E-state index in [2.05, 4.69) is 4.72 Å². The van der Waals surface area contributed by atoms with Crippen LogP contribution in [0.3, 0.4) is 0 Å². The van der Waals surface area contributed by atoms with Crippen LogP contribution in [-0.2, 0) is 10.0 Å². The van der Waals surface area contributed by atoms with Gasteiger partial charge in [0.25, 0.3) is 0 Å². The summed E-state index contributed by atoms with van der Waals surface area (Å²) in [5.41, 5.74) is 0. The Morgan fingerprint density at radius 2 is 1.75 bits per heavy atom. The third-order valence-corrected chi connectivity index (χ3v) is 3.34. The van der Waals surface area contributed by atoms with Crippen LogP contribution in [0.5, 0.6) is 0 Å². The maximum absolute atomic E-state index is 13.2. The minimum absolute atomic E-state index is 0.0598. The van der Waals surface area contributed by atoms with E-state index in [1.165, 1.54) is 0 Å². The van der Waals surface area contributed by atoms with E-state index >= 15 is 0 Å².